The number of benzene rings is 8. The molecule has 4 heterocycles. The molecule has 0 amide bonds. The van der Waals surface area contributed by atoms with Gasteiger partial charge in [0.15, 0.2) is 11.6 Å². The highest BCUT2D eigenvalue weighted by Crippen LogP contribution is 2.40. The highest BCUT2D eigenvalue weighted by atomic mass is 32.1. The van der Waals surface area contributed by atoms with Crippen LogP contribution < -0.4 is 0 Å². The topological polar surface area (TPSA) is 48.5 Å². The first-order chi connectivity index (χ1) is 28.2. The van der Waals surface area contributed by atoms with E-state index in [1.54, 1.807) is 0 Å². The number of rotatable bonds is 5. The van der Waals surface area contributed by atoms with Crippen molar-refractivity contribution in [1.29, 1.82) is 0 Å². The fourth-order valence-corrected chi connectivity index (χ4v) is 9.70. The van der Waals surface area contributed by atoms with Gasteiger partial charge < -0.3 is 4.57 Å². The Labute approximate surface area is 331 Å². The van der Waals surface area contributed by atoms with Gasteiger partial charge in [0.1, 0.15) is 0 Å². The lowest BCUT2D eigenvalue weighted by molar-refractivity contribution is 0.953. The normalized spacial score (nSPS) is 11.9. The van der Waals surface area contributed by atoms with Gasteiger partial charge in [-0.05, 0) is 65.7 Å². The van der Waals surface area contributed by atoms with Crippen molar-refractivity contribution in [2.24, 2.45) is 0 Å². The van der Waals surface area contributed by atoms with E-state index in [0.29, 0.717) is 17.6 Å². The van der Waals surface area contributed by atoms with Gasteiger partial charge in [0.25, 0.3) is 0 Å². The molecule has 8 aromatic carbocycles. The van der Waals surface area contributed by atoms with E-state index in [9.17, 15) is 0 Å². The SMILES string of the molecule is c1ccc(-c2nc(-c3cccc(-c4ccc5c(c4)sc4ccccc45)c3)nc(-n3c4ccccc4c4cc5c6ccccc6n(-c6ccccc6)c5cc43)n2)cc1. The molecule has 0 saturated heterocycles. The largest absolute Gasteiger partial charge is 0.309 e. The fourth-order valence-electron chi connectivity index (χ4n) is 8.56. The summed E-state index contributed by atoms with van der Waals surface area (Å²) in [6.45, 7) is 0. The Morgan fingerprint density at radius 2 is 0.877 bits per heavy atom. The molecule has 6 heteroatoms. The van der Waals surface area contributed by atoms with Gasteiger partial charge in [0, 0.05) is 58.5 Å². The average molecular weight is 746 g/mol. The van der Waals surface area contributed by atoms with Crippen LogP contribution in [0.2, 0.25) is 0 Å². The predicted molar refractivity (Wildman–Crippen MR) is 238 cm³/mol. The molecule has 0 aliphatic heterocycles. The quantitative estimate of drug-likeness (QED) is 0.176. The summed E-state index contributed by atoms with van der Waals surface area (Å²) in [5.74, 6) is 1.82. The molecule has 0 aliphatic carbocycles. The first-order valence-corrected chi connectivity index (χ1v) is 19.9. The van der Waals surface area contributed by atoms with E-state index in [4.69, 9.17) is 15.0 Å². The minimum atomic E-state index is 0.573. The van der Waals surface area contributed by atoms with Gasteiger partial charge in [0.05, 0.1) is 22.1 Å². The maximum Gasteiger partial charge on any atom is 0.238 e. The van der Waals surface area contributed by atoms with Gasteiger partial charge in [-0.25, -0.2) is 4.98 Å². The van der Waals surface area contributed by atoms with Gasteiger partial charge in [-0.1, -0.05) is 133 Å². The lowest BCUT2D eigenvalue weighted by atomic mass is 10.0. The van der Waals surface area contributed by atoms with E-state index in [0.717, 1.165) is 55.3 Å². The van der Waals surface area contributed by atoms with Crippen molar-refractivity contribution in [2.45, 2.75) is 0 Å². The molecule has 0 saturated carbocycles. The van der Waals surface area contributed by atoms with Crippen LogP contribution in [0, 0.1) is 0 Å². The van der Waals surface area contributed by atoms with Crippen LogP contribution in [0.5, 0.6) is 0 Å². The fraction of sp³-hybridized carbons (Fsp3) is 0. The van der Waals surface area contributed by atoms with E-state index >= 15 is 0 Å². The molecule has 57 heavy (non-hydrogen) atoms. The Balaban J connectivity index is 1.09. The summed E-state index contributed by atoms with van der Waals surface area (Å²) in [6, 6.07) is 66.7. The maximum absolute atomic E-state index is 5.32. The minimum Gasteiger partial charge on any atom is -0.309 e. The molecule has 0 spiro atoms. The molecule has 4 aromatic heterocycles. The minimum absolute atomic E-state index is 0.573. The number of hydrogen-bond donors (Lipinski definition) is 0. The maximum atomic E-state index is 5.32. The molecular weight excluding hydrogens is 715 g/mol. The predicted octanol–water partition coefficient (Wildman–Crippen LogP) is 13.4. The second kappa shape index (κ2) is 12.6. The van der Waals surface area contributed by atoms with Gasteiger partial charge in [0.2, 0.25) is 5.95 Å². The van der Waals surface area contributed by atoms with Crippen LogP contribution in [0.1, 0.15) is 0 Å². The average Bonchev–Trinajstić information content (AvgIpc) is 3.93. The summed E-state index contributed by atoms with van der Waals surface area (Å²) in [5.41, 5.74) is 9.62. The Morgan fingerprint density at radius 1 is 0.316 bits per heavy atom. The molecule has 266 valence electrons. The van der Waals surface area contributed by atoms with Crippen molar-refractivity contribution < 1.29 is 0 Å². The Morgan fingerprint density at radius 3 is 1.65 bits per heavy atom. The van der Waals surface area contributed by atoms with Crippen LogP contribution in [-0.4, -0.2) is 24.1 Å². The third kappa shape index (κ3) is 5.04. The smallest absolute Gasteiger partial charge is 0.238 e. The zero-order valence-electron chi connectivity index (χ0n) is 30.5. The Kier molecular flexibility index (Phi) is 7.03. The second-order valence-electron chi connectivity index (χ2n) is 14.5. The first kappa shape index (κ1) is 31.9. The van der Waals surface area contributed by atoms with Crippen LogP contribution in [0.3, 0.4) is 0 Å². The van der Waals surface area contributed by atoms with Gasteiger partial charge in [-0.15, -0.1) is 11.3 Å². The molecular formula is C51H31N5S. The number of hydrogen-bond acceptors (Lipinski definition) is 4. The van der Waals surface area contributed by atoms with E-state index in [1.807, 2.05) is 29.5 Å². The zero-order chi connectivity index (χ0) is 37.5. The van der Waals surface area contributed by atoms with Crippen LogP contribution in [0.4, 0.5) is 0 Å². The van der Waals surface area contributed by atoms with Crippen molar-refractivity contribution >= 4 is 75.1 Å². The van der Waals surface area contributed by atoms with Crippen LogP contribution in [0.15, 0.2) is 188 Å². The molecule has 0 aliphatic rings. The number of thiophene rings is 1. The molecule has 0 fully saturated rings. The molecule has 0 unspecified atom stereocenters. The van der Waals surface area contributed by atoms with E-state index in [1.165, 1.54) is 36.5 Å². The lowest BCUT2D eigenvalue weighted by Crippen LogP contribution is -2.06. The molecule has 12 rings (SSSR count). The summed E-state index contributed by atoms with van der Waals surface area (Å²) in [4.78, 5) is 15.7. The van der Waals surface area contributed by atoms with Crippen molar-refractivity contribution in [3.05, 3.63) is 188 Å². The second-order valence-corrected chi connectivity index (χ2v) is 15.5. The van der Waals surface area contributed by atoms with Crippen molar-refractivity contribution in [2.75, 3.05) is 0 Å². The summed E-state index contributed by atoms with van der Waals surface area (Å²) < 4.78 is 7.16. The number of fused-ring (bicyclic) bond motifs is 9. The zero-order valence-corrected chi connectivity index (χ0v) is 31.4. The molecule has 0 bridgehead atoms. The van der Waals surface area contributed by atoms with Crippen molar-refractivity contribution in [1.82, 2.24) is 24.1 Å². The number of aromatic nitrogens is 5. The standard InChI is InChI=1S/C51H31N5S/c1-3-14-32(15-4-1)49-52-50(35-17-13-16-33(28-35)34-26-27-40-39-22-9-12-25-47(39)57-48(40)29-34)54-51(53-49)56-44-24-11-8-21-38(44)42-30-41-37-20-7-10-23-43(37)55(45(41)31-46(42)56)36-18-5-2-6-19-36/h1-31H. The monoisotopic (exact) mass is 745 g/mol. The molecule has 5 nitrogen and oxygen atoms in total. The first-order valence-electron chi connectivity index (χ1n) is 19.1. The number of para-hydroxylation sites is 3. The van der Waals surface area contributed by atoms with Gasteiger partial charge in [-0.2, -0.15) is 9.97 Å². The summed E-state index contributed by atoms with van der Waals surface area (Å²) >= 11 is 1.84. The Bertz CT molecular complexity index is 3520. The Hall–Kier alpha value is -7.41. The third-order valence-corrected chi connectivity index (χ3v) is 12.3. The third-order valence-electron chi connectivity index (χ3n) is 11.2. The van der Waals surface area contributed by atoms with Crippen molar-refractivity contribution in [3.63, 3.8) is 0 Å². The van der Waals surface area contributed by atoms with Gasteiger partial charge in [-0.3, -0.25) is 4.57 Å². The van der Waals surface area contributed by atoms with E-state index < -0.39 is 0 Å². The lowest BCUT2D eigenvalue weighted by Gasteiger charge is -2.12. The molecule has 12 aromatic rings. The highest BCUT2D eigenvalue weighted by Gasteiger charge is 2.21. The van der Waals surface area contributed by atoms with Crippen molar-refractivity contribution in [3.8, 4) is 45.5 Å². The molecule has 0 radical (unpaired) electrons. The van der Waals surface area contributed by atoms with E-state index in [2.05, 4.69) is 179 Å². The van der Waals surface area contributed by atoms with E-state index in [-0.39, 0.29) is 0 Å². The number of nitrogens with zero attached hydrogens (tertiary/aromatic N) is 5. The van der Waals surface area contributed by atoms with Crippen LogP contribution in [-0.2, 0) is 0 Å². The van der Waals surface area contributed by atoms with Gasteiger partial charge >= 0.3 is 0 Å². The molecule has 0 atom stereocenters. The molecule has 0 N–H and O–H groups in total. The summed E-state index contributed by atoms with van der Waals surface area (Å²) in [7, 11) is 0. The highest BCUT2D eigenvalue weighted by molar-refractivity contribution is 7.25. The van der Waals surface area contributed by atoms with Crippen LogP contribution in [0.25, 0.3) is 109 Å². The summed E-state index contributed by atoms with van der Waals surface area (Å²) in [5, 5.41) is 7.31. The summed E-state index contributed by atoms with van der Waals surface area (Å²) in [6.07, 6.45) is 0. The van der Waals surface area contributed by atoms with Crippen LogP contribution >= 0.6 is 11.3 Å².